The fourth-order valence-corrected chi connectivity index (χ4v) is 6.77. The summed E-state index contributed by atoms with van der Waals surface area (Å²) in [5.74, 6) is -0.996. The van der Waals surface area contributed by atoms with Crippen molar-refractivity contribution in [3.05, 3.63) is 143 Å². The third kappa shape index (κ3) is 5.35. The van der Waals surface area contributed by atoms with E-state index in [1.807, 2.05) is 33.8 Å². The fraction of sp³-hybridized carbons (Fsp3) is 0.176. The van der Waals surface area contributed by atoms with E-state index in [-0.39, 0.29) is 32.2 Å². The van der Waals surface area contributed by atoms with Crippen LogP contribution in [0.3, 0.4) is 0 Å². The van der Waals surface area contributed by atoms with E-state index in [2.05, 4.69) is 4.98 Å². The summed E-state index contributed by atoms with van der Waals surface area (Å²) in [6.45, 7) is 7.58. The van der Waals surface area contributed by atoms with Gasteiger partial charge in [0, 0.05) is 16.5 Å². The highest BCUT2D eigenvalue weighted by atomic mass is 32.2. The van der Waals surface area contributed by atoms with E-state index >= 15 is 0 Å². The Morgan fingerprint density at radius 1 is 0.780 bits per heavy atom. The maximum absolute atomic E-state index is 14.4. The quantitative estimate of drug-likeness (QED) is 0.218. The van der Waals surface area contributed by atoms with Crippen LogP contribution in [0.2, 0.25) is 0 Å². The monoisotopic (exact) mass is 571 g/mol. The number of allylic oxidation sites excluding steroid dienone is 1. The Balaban J connectivity index is 1.92. The van der Waals surface area contributed by atoms with Crippen LogP contribution in [0.4, 0.5) is 8.78 Å². The lowest BCUT2D eigenvalue weighted by Crippen LogP contribution is -2.31. The van der Waals surface area contributed by atoms with Gasteiger partial charge in [0.1, 0.15) is 11.6 Å². The number of aliphatic hydroxyl groups is 1. The van der Waals surface area contributed by atoms with Crippen LogP contribution in [0.1, 0.15) is 48.7 Å². The second-order valence-electron chi connectivity index (χ2n) is 11.3. The second-order valence-corrected chi connectivity index (χ2v) is 13.3. The fourth-order valence-electron chi connectivity index (χ4n) is 5.03. The summed E-state index contributed by atoms with van der Waals surface area (Å²) in [4.78, 5) is 3.42. The van der Waals surface area contributed by atoms with Crippen molar-refractivity contribution in [3.63, 3.8) is 0 Å². The number of hydrogen-bond acceptors (Lipinski definition) is 3. The van der Waals surface area contributed by atoms with Crippen molar-refractivity contribution in [2.24, 2.45) is 5.41 Å². The molecule has 0 aliphatic heterocycles. The Morgan fingerprint density at radius 3 is 1.80 bits per heavy atom. The normalized spacial score (nSPS) is 13.1. The number of para-hydroxylation sites is 1. The molecule has 0 atom stereocenters. The summed E-state index contributed by atoms with van der Waals surface area (Å²) in [5, 5.41) is 13.3. The lowest BCUT2D eigenvalue weighted by Gasteiger charge is -2.31. The third-order valence-electron chi connectivity index (χ3n) is 7.02. The Labute approximate surface area is 238 Å². The summed E-state index contributed by atoms with van der Waals surface area (Å²) < 4.78 is 57.0. The van der Waals surface area contributed by atoms with Gasteiger partial charge < -0.3 is 10.1 Å². The first-order valence-electron chi connectivity index (χ1n) is 13.2. The molecule has 4 nitrogen and oxygen atoms in total. The van der Waals surface area contributed by atoms with E-state index in [4.69, 9.17) is 0 Å². The number of H-pyrrole nitrogens is 1. The van der Waals surface area contributed by atoms with Crippen molar-refractivity contribution in [1.82, 2.24) is 4.98 Å². The molecule has 0 aliphatic rings. The topological polar surface area (TPSA) is 70.2 Å². The van der Waals surface area contributed by atoms with Gasteiger partial charge in [-0.25, -0.2) is 17.2 Å². The molecule has 0 bridgehead atoms. The number of sulfone groups is 1. The van der Waals surface area contributed by atoms with Crippen molar-refractivity contribution < 1.29 is 22.3 Å². The Morgan fingerprint density at radius 2 is 1.29 bits per heavy atom. The van der Waals surface area contributed by atoms with Gasteiger partial charge in [-0.05, 0) is 65.9 Å². The van der Waals surface area contributed by atoms with Gasteiger partial charge in [0.15, 0.2) is 5.60 Å². The zero-order chi connectivity index (χ0) is 29.6. The Kier molecular flexibility index (Phi) is 7.22. The molecule has 210 valence electrons. The van der Waals surface area contributed by atoms with Gasteiger partial charge in [0.25, 0.3) is 0 Å². The minimum absolute atomic E-state index is 0.0175. The van der Waals surface area contributed by atoms with E-state index < -0.39 is 32.5 Å². The molecule has 41 heavy (non-hydrogen) atoms. The summed E-state index contributed by atoms with van der Waals surface area (Å²) in [5.41, 5.74) is -0.0564. The number of aromatic nitrogens is 1. The SMILES string of the molecule is Cc1ccc(S(=O)(=O)/C(=C/C(C)(C)C)c2c(C(O)(c3ccc(F)cc3)c3ccc(F)cc3)[nH]c3ccccc23)cc1. The number of halogens is 2. The molecule has 0 saturated heterocycles. The number of aryl methyl sites for hydroxylation is 1. The number of rotatable bonds is 6. The minimum atomic E-state index is -4.12. The third-order valence-corrected chi connectivity index (χ3v) is 8.82. The molecule has 5 aromatic rings. The first-order valence-corrected chi connectivity index (χ1v) is 14.7. The van der Waals surface area contributed by atoms with E-state index in [0.29, 0.717) is 10.9 Å². The van der Waals surface area contributed by atoms with Crippen LogP contribution >= 0.6 is 0 Å². The highest BCUT2D eigenvalue weighted by Gasteiger charge is 2.41. The lowest BCUT2D eigenvalue weighted by molar-refractivity contribution is 0.121. The van der Waals surface area contributed by atoms with Gasteiger partial charge in [0.05, 0.1) is 15.5 Å². The van der Waals surface area contributed by atoms with Crippen LogP contribution in [-0.2, 0) is 15.4 Å². The molecule has 0 radical (unpaired) electrons. The van der Waals surface area contributed by atoms with Gasteiger partial charge in [-0.1, -0.05) is 87.0 Å². The van der Waals surface area contributed by atoms with Crippen molar-refractivity contribution in [3.8, 4) is 0 Å². The molecule has 1 aromatic heterocycles. The number of hydrogen-bond donors (Lipinski definition) is 2. The van der Waals surface area contributed by atoms with E-state index in [1.54, 1.807) is 48.5 Å². The number of benzene rings is 4. The van der Waals surface area contributed by atoms with Crippen molar-refractivity contribution >= 4 is 25.6 Å². The molecule has 5 rings (SSSR count). The maximum Gasteiger partial charge on any atom is 0.206 e. The van der Waals surface area contributed by atoms with Gasteiger partial charge in [-0.2, -0.15) is 0 Å². The predicted octanol–water partition coefficient (Wildman–Crippen LogP) is 7.90. The van der Waals surface area contributed by atoms with Crippen LogP contribution in [0.25, 0.3) is 15.8 Å². The average Bonchev–Trinajstić information content (AvgIpc) is 3.31. The van der Waals surface area contributed by atoms with Crippen LogP contribution in [0.15, 0.2) is 108 Å². The zero-order valence-corrected chi connectivity index (χ0v) is 24.1. The lowest BCUT2D eigenvalue weighted by atomic mass is 9.81. The van der Waals surface area contributed by atoms with Crippen LogP contribution < -0.4 is 0 Å². The molecular weight excluding hydrogens is 540 g/mol. The molecule has 0 fully saturated rings. The molecule has 2 N–H and O–H groups in total. The van der Waals surface area contributed by atoms with Crippen LogP contribution in [0.5, 0.6) is 0 Å². The van der Waals surface area contributed by atoms with Crippen molar-refractivity contribution in [2.45, 2.75) is 38.2 Å². The summed E-state index contributed by atoms with van der Waals surface area (Å²) >= 11 is 0. The molecule has 7 heteroatoms. The first kappa shape index (κ1) is 28.5. The van der Waals surface area contributed by atoms with Gasteiger partial charge in [-0.3, -0.25) is 0 Å². The van der Waals surface area contributed by atoms with Gasteiger partial charge >= 0.3 is 0 Å². The molecule has 0 saturated carbocycles. The Bertz CT molecular complexity index is 1800. The largest absolute Gasteiger partial charge is 0.375 e. The van der Waals surface area contributed by atoms with Crippen molar-refractivity contribution in [2.75, 3.05) is 0 Å². The smallest absolute Gasteiger partial charge is 0.206 e. The molecule has 0 aliphatic carbocycles. The van der Waals surface area contributed by atoms with Crippen LogP contribution in [0, 0.1) is 24.0 Å². The molecule has 4 aromatic carbocycles. The van der Waals surface area contributed by atoms with E-state index in [0.717, 1.165) is 5.56 Å². The highest BCUT2D eigenvalue weighted by molar-refractivity contribution is 8.00. The summed E-state index contributed by atoms with van der Waals surface area (Å²) in [6, 6.07) is 24.5. The predicted molar refractivity (Wildman–Crippen MR) is 159 cm³/mol. The van der Waals surface area contributed by atoms with Gasteiger partial charge in [-0.15, -0.1) is 0 Å². The molecule has 1 heterocycles. The summed E-state index contributed by atoms with van der Waals surface area (Å²) in [7, 11) is -4.12. The zero-order valence-electron chi connectivity index (χ0n) is 23.2. The number of nitrogens with one attached hydrogen (secondary N) is 1. The van der Waals surface area contributed by atoms with E-state index in [9.17, 15) is 22.3 Å². The number of aromatic amines is 1. The minimum Gasteiger partial charge on any atom is -0.375 e. The molecule has 0 amide bonds. The van der Waals surface area contributed by atoms with E-state index in [1.165, 1.54) is 48.5 Å². The molecular formula is C34H31F2NO3S. The first-order chi connectivity index (χ1) is 19.3. The maximum atomic E-state index is 14.4. The average molecular weight is 572 g/mol. The van der Waals surface area contributed by atoms with Gasteiger partial charge in [0.2, 0.25) is 9.84 Å². The van der Waals surface area contributed by atoms with Crippen LogP contribution in [-0.4, -0.2) is 18.5 Å². The summed E-state index contributed by atoms with van der Waals surface area (Å²) in [6.07, 6.45) is 1.69. The Hall–Kier alpha value is -4.07. The standard InChI is InChI=1S/C34H31F2NO3S/c1-22-9-19-27(20-10-22)41(39,40)30(21-33(2,3)4)31-28-7-5-6-8-29(28)37-32(31)34(38,23-11-15-25(35)16-12-23)24-13-17-26(36)18-14-24/h5-21,37-38H,1-4H3/b30-21+. The number of fused-ring (bicyclic) bond motifs is 1. The van der Waals surface area contributed by atoms with Crippen molar-refractivity contribution in [1.29, 1.82) is 0 Å². The highest BCUT2D eigenvalue weighted by Crippen LogP contribution is 2.46. The molecule has 0 spiro atoms. The second kappa shape index (κ2) is 10.4. The molecule has 0 unspecified atom stereocenters.